The molecular weight excluding hydrogens is 1540 g/mol. The summed E-state index contributed by atoms with van der Waals surface area (Å²) in [4.78, 5) is 85.5. The number of halogens is 3. The number of aromatic nitrogens is 15. The Morgan fingerprint density at radius 1 is 0.361 bits per heavy atom. The smallest absolute Gasteiger partial charge is 0.357 e. The van der Waals surface area contributed by atoms with Gasteiger partial charge in [-0.25, -0.2) is 80.3 Å². The number of carbonyl (C=O) groups excluding carboxylic acids is 5. The van der Waals surface area contributed by atoms with Crippen molar-refractivity contribution in [3.05, 3.63) is 231 Å². The van der Waals surface area contributed by atoms with Crippen LogP contribution < -0.4 is 9.80 Å². The molecule has 1 fully saturated rings. The maximum Gasteiger partial charge on any atom is 0.357 e. The van der Waals surface area contributed by atoms with Gasteiger partial charge in [-0.05, 0) is 158 Å². The van der Waals surface area contributed by atoms with E-state index in [9.17, 15) is 32.8 Å². The van der Waals surface area contributed by atoms with Gasteiger partial charge in [-0.15, -0.1) is 0 Å². The summed E-state index contributed by atoms with van der Waals surface area (Å²) >= 11 is 6.24. The zero-order valence-electron chi connectivity index (χ0n) is 69.4. The summed E-state index contributed by atoms with van der Waals surface area (Å²) in [5.41, 5.74) is 17.0. The SMILES string of the molecule is CCOC(=O)c1cc(CC)n2nc(-c3ccc(N(C)C)cc3)cc2n1.CCOC(=O)c1cc(CC)n2nc(-c3ccc(N(C)C)cc3F)cc2n1.CCOC(=O)c1cc(CC)n2nc(-c3ccccc3Cl)cc2n1.CCOC(=O)c1cc(CC)n2nc(-c3ccccc3F)cc2n1.CCOC(=O)c1cc(CC)n2nc(C3CCCCC3)cc2n1. The van der Waals surface area contributed by atoms with Crippen molar-refractivity contribution in [2.75, 3.05) is 71.0 Å². The van der Waals surface area contributed by atoms with Crippen molar-refractivity contribution in [3.63, 3.8) is 0 Å². The van der Waals surface area contributed by atoms with Gasteiger partial charge in [-0.1, -0.05) is 108 Å². The minimum atomic E-state index is -0.478. The van der Waals surface area contributed by atoms with Gasteiger partial charge in [0.2, 0.25) is 0 Å². The predicted molar refractivity (Wildman–Crippen MR) is 453 cm³/mol. The molecule has 0 atom stereocenters. The third-order valence-electron chi connectivity index (χ3n) is 19.5. The van der Waals surface area contributed by atoms with Crippen molar-refractivity contribution >= 4 is 81.1 Å². The standard InChI is InChI=1S/C19H21FN4O2.C19H22N4O2.C17H16ClN3O2.C17H16FN3O2.C17H23N3O2/c1-5-12-10-17(19(25)26-6-2)21-18-11-16(22-24(12)18)14-8-7-13(23(3)4)9-15(14)20;1-5-14-11-17(19(24)25-6-2)20-18-12-16(21-23(14)18)13-7-9-15(10-8-13)22(3)4;2*1-3-11-9-15(17(22)23-4-2)19-16-10-14(20-21(11)16)12-7-5-6-8-13(12)18;1-3-13-10-15(17(21)22-4-2)18-16-11-14(19-20(13)16)12-8-6-5-7-9-12/h7-11H,5-6H2,1-4H3;7-12H,5-6H2,1-4H3;2*5-10H,3-4H2,1-2H3;10-12H,3-9H2,1-2H3. The summed E-state index contributed by atoms with van der Waals surface area (Å²) in [5, 5.41) is 23.5. The Morgan fingerprint density at radius 3 is 1.03 bits per heavy atom. The van der Waals surface area contributed by atoms with Crippen LogP contribution in [0.3, 0.4) is 0 Å². The maximum atomic E-state index is 14.5. The number of anilines is 2. The number of ether oxygens (including phenoxy) is 5. The molecule has 1 saturated carbocycles. The molecule has 0 bridgehead atoms. The lowest BCUT2D eigenvalue weighted by Crippen LogP contribution is -2.11. The zero-order valence-corrected chi connectivity index (χ0v) is 70.2. The van der Waals surface area contributed by atoms with E-state index in [1.54, 1.807) is 119 Å². The Labute approximate surface area is 693 Å². The van der Waals surface area contributed by atoms with E-state index in [0.717, 1.165) is 93.0 Å². The lowest BCUT2D eigenvalue weighted by atomic mass is 9.87. The summed E-state index contributed by atoms with van der Waals surface area (Å²) in [6.07, 6.45) is 9.86. The van der Waals surface area contributed by atoms with E-state index in [1.165, 1.54) is 44.2 Å². The van der Waals surface area contributed by atoms with E-state index in [2.05, 4.69) is 69.3 Å². The normalized spacial score (nSPS) is 11.9. The Kier molecular flexibility index (Phi) is 29.4. The van der Waals surface area contributed by atoms with Crippen LogP contribution in [0.1, 0.15) is 194 Å². The summed E-state index contributed by atoms with van der Waals surface area (Å²) in [6.45, 7) is 20.4. The second-order valence-corrected chi connectivity index (χ2v) is 28.3. The molecule has 27 nitrogen and oxygen atoms in total. The largest absolute Gasteiger partial charge is 0.461 e. The number of nitrogens with zero attached hydrogens (tertiary/aromatic N) is 17. The van der Waals surface area contributed by atoms with Crippen LogP contribution in [0.2, 0.25) is 5.02 Å². The monoisotopic (exact) mass is 1640 g/mol. The van der Waals surface area contributed by atoms with E-state index in [-0.39, 0.29) is 42.2 Å². The van der Waals surface area contributed by atoms with Crippen LogP contribution in [0.4, 0.5) is 20.2 Å². The second kappa shape index (κ2) is 40.3. The molecular formula is C89H98ClF2N17O10. The Hall–Kier alpha value is -12.9. The first-order valence-electron chi connectivity index (χ1n) is 40.1. The highest BCUT2D eigenvalue weighted by atomic mass is 35.5. The molecule has 1 aliphatic carbocycles. The molecule has 0 radical (unpaired) electrons. The van der Waals surface area contributed by atoms with Gasteiger partial charge in [0.25, 0.3) is 0 Å². The minimum Gasteiger partial charge on any atom is -0.461 e. The maximum absolute atomic E-state index is 14.5. The fourth-order valence-electron chi connectivity index (χ4n) is 13.4. The van der Waals surface area contributed by atoms with Crippen LogP contribution >= 0.6 is 11.6 Å². The molecule has 4 aromatic carbocycles. The first-order valence-corrected chi connectivity index (χ1v) is 40.4. The van der Waals surface area contributed by atoms with Crippen molar-refractivity contribution in [3.8, 4) is 45.0 Å². The van der Waals surface area contributed by atoms with E-state index < -0.39 is 23.9 Å². The van der Waals surface area contributed by atoms with E-state index in [4.69, 9.17) is 40.4 Å². The molecule has 15 rings (SSSR count). The van der Waals surface area contributed by atoms with Crippen molar-refractivity contribution in [2.24, 2.45) is 0 Å². The molecule has 0 saturated heterocycles. The number of benzene rings is 4. The lowest BCUT2D eigenvalue weighted by molar-refractivity contribution is 0.0510. The van der Waals surface area contributed by atoms with Crippen molar-refractivity contribution < 1.29 is 56.4 Å². The van der Waals surface area contributed by atoms with Crippen LogP contribution in [0.5, 0.6) is 0 Å². The van der Waals surface area contributed by atoms with E-state index in [0.29, 0.717) is 106 Å². The molecule has 119 heavy (non-hydrogen) atoms. The average molecular weight is 1640 g/mol. The molecule has 0 N–H and O–H groups in total. The molecule has 14 aromatic rings. The van der Waals surface area contributed by atoms with E-state index >= 15 is 0 Å². The fourth-order valence-corrected chi connectivity index (χ4v) is 13.6. The van der Waals surface area contributed by atoms with Gasteiger partial charge < -0.3 is 33.5 Å². The number of carbonyl (C=O) groups is 5. The third-order valence-corrected chi connectivity index (χ3v) is 19.8. The Bertz CT molecular complexity index is 5800. The number of fused-ring (bicyclic) bond motifs is 5. The second-order valence-electron chi connectivity index (χ2n) is 27.9. The molecule has 0 amide bonds. The van der Waals surface area contributed by atoms with Crippen LogP contribution in [0, 0.1) is 11.6 Å². The fraction of sp³-hybridized carbons (Fsp3) is 0.337. The molecule has 10 aromatic heterocycles. The highest BCUT2D eigenvalue weighted by Gasteiger charge is 2.25. The minimum absolute atomic E-state index is 0.228. The van der Waals surface area contributed by atoms with Gasteiger partial charge in [0, 0.05) is 127 Å². The first-order chi connectivity index (χ1) is 57.5. The summed E-state index contributed by atoms with van der Waals surface area (Å²) < 4.78 is 62.4. The molecule has 1 aliphatic rings. The molecule has 0 spiro atoms. The van der Waals surface area contributed by atoms with Gasteiger partial charge in [0.1, 0.15) is 11.6 Å². The van der Waals surface area contributed by atoms with Crippen LogP contribution in [-0.2, 0) is 55.8 Å². The number of rotatable bonds is 22. The third kappa shape index (κ3) is 20.6. The number of hydrogen-bond donors (Lipinski definition) is 0. The Morgan fingerprint density at radius 2 is 0.681 bits per heavy atom. The first kappa shape index (κ1) is 86.9. The molecule has 10 heterocycles. The van der Waals surface area contributed by atoms with Gasteiger partial charge in [0.05, 0.1) is 66.5 Å². The van der Waals surface area contributed by atoms with Crippen molar-refractivity contribution in [2.45, 2.75) is 139 Å². The average Bonchev–Trinajstić information content (AvgIpc) is 1.66. The molecule has 620 valence electrons. The van der Waals surface area contributed by atoms with Crippen molar-refractivity contribution in [1.82, 2.24) is 73.0 Å². The van der Waals surface area contributed by atoms with Gasteiger partial charge in [0.15, 0.2) is 56.7 Å². The highest BCUT2D eigenvalue weighted by molar-refractivity contribution is 6.33. The van der Waals surface area contributed by atoms with Gasteiger partial charge in [-0.2, -0.15) is 25.5 Å². The highest BCUT2D eigenvalue weighted by Crippen LogP contribution is 2.34. The number of esters is 5. The zero-order chi connectivity index (χ0) is 85.1. The van der Waals surface area contributed by atoms with Gasteiger partial charge in [-0.3, -0.25) is 0 Å². The summed E-state index contributed by atoms with van der Waals surface area (Å²) in [6, 6.07) is 44.8. The molecule has 0 aliphatic heterocycles. The molecule has 30 heteroatoms. The summed E-state index contributed by atoms with van der Waals surface area (Å²) in [5.74, 6) is -2.32. The van der Waals surface area contributed by atoms with Crippen LogP contribution in [0.15, 0.2) is 152 Å². The van der Waals surface area contributed by atoms with E-state index in [1.807, 2.05) is 126 Å². The summed E-state index contributed by atoms with van der Waals surface area (Å²) in [7, 11) is 7.73. The topological polar surface area (TPSA) is 289 Å². The van der Waals surface area contributed by atoms with Crippen molar-refractivity contribution in [1.29, 1.82) is 0 Å². The van der Waals surface area contributed by atoms with Gasteiger partial charge >= 0.3 is 29.8 Å². The lowest BCUT2D eigenvalue weighted by Gasteiger charge is -2.19. The number of hydrogen-bond acceptors (Lipinski definition) is 22. The van der Waals surface area contributed by atoms with Crippen LogP contribution in [-0.4, -0.2) is 164 Å². The Balaban J connectivity index is 0.000000146. The molecule has 0 unspecified atom stereocenters. The predicted octanol–water partition coefficient (Wildman–Crippen LogP) is 17.1. The number of aryl methyl sites for hydroxylation is 5. The quantitative estimate of drug-likeness (QED) is 0.0450. The van der Waals surface area contributed by atoms with Crippen LogP contribution in [0.25, 0.3) is 73.3 Å².